The topological polar surface area (TPSA) is 50.6 Å². The number of benzene rings is 1. The second-order valence-electron chi connectivity index (χ2n) is 8.93. The molecule has 32 heavy (non-hydrogen) atoms. The minimum absolute atomic E-state index is 0.0434. The van der Waals surface area contributed by atoms with E-state index in [-0.39, 0.29) is 17.5 Å². The Morgan fingerprint density at radius 3 is 2.38 bits per heavy atom. The van der Waals surface area contributed by atoms with E-state index in [4.69, 9.17) is 4.74 Å². The summed E-state index contributed by atoms with van der Waals surface area (Å²) in [5.41, 5.74) is 0.199. The fraction of sp³-hybridized carbons (Fsp3) is 0.565. The van der Waals surface area contributed by atoms with Crippen molar-refractivity contribution in [2.75, 3.05) is 31.1 Å². The number of halogens is 2. The van der Waals surface area contributed by atoms with Crippen LogP contribution in [0.1, 0.15) is 40.0 Å². The first-order chi connectivity index (χ1) is 15.3. The third-order valence-corrected chi connectivity index (χ3v) is 6.96. The van der Waals surface area contributed by atoms with Gasteiger partial charge in [0.15, 0.2) is 0 Å². The molecule has 1 aromatic carbocycles. The summed E-state index contributed by atoms with van der Waals surface area (Å²) in [4.78, 5) is 15.5. The Morgan fingerprint density at radius 2 is 1.78 bits per heavy atom. The molecule has 1 aliphatic heterocycles. The molecule has 2 fully saturated rings. The van der Waals surface area contributed by atoms with Gasteiger partial charge < -0.3 is 9.64 Å². The second kappa shape index (κ2) is 9.79. The normalized spacial score (nSPS) is 22.0. The molecule has 1 saturated heterocycles. The monoisotopic (exact) mass is 464 g/mol. The lowest BCUT2D eigenvalue weighted by Crippen LogP contribution is -2.45. The molecule has 2 atom stereocenters. The molecule has 0 spiro atoms. The number of aromatic nitrogens is 2. The Hall–Kier alpha value is -2.13. The van der Waals surface area contributed by atoms with Crippen LogP contribution in [-0.2, 0) is 0 Å². The first-order valence-electron chi connectivity index (χ1n) is 11.2. The summed E-state index contributed by atoms with van der Waals surface area (Å²) in [7, 11) is 0. The van der Waals surface area contributed by atoms with Crippen molar-refractivity contribution in [2.24, 2.45) is 5.92 Å². The quantitative estimate of drug-likeness (QED) is 0.596. The molecule has 9 heteroatoms. The maximum Gasteiger partial charge on any atom is 0.316 e. The SMILES string of the molecule is CC1CCC(Oc2c(N3CCN(SC(C)C)CC3)cnn(-c3cc(F)cc(F)c3)c2=O)C1. The van der Waals surface area contributed by atoms with Crippen LogP contribution >= 0.6 is 11.9 Å². The number of hydrogen-bond donors (Lipinski definition) is 0. The molecule has 0 bridgehead atoms. The predicted molar refractivity (Wildman–Crippen MR) is 124 cm³/mol. The molecule has 0 radical (unpaired) electrons. The molecule has 2 aromatic rings. The van der Waals surface area contributed by atoms with E-state index in [0.717, 1.165) is 68.3 Å². The van der Waals surface area contributed by atoms with Crippen molar-refractivity contribution in [2.45, 2.75) is 51.4 Å². The van der Waals surface area contributed by atoms with Gasteiger partial charge in [0.25, 0.3) is 0 Å². The van der Waals surface area contributed by atoms with Crippen molar-refractivity contribution < 1.29 is 13.5 Å². The fourth-order valence-corrected chi connectivity index (χ4v) is 5.34. The van der Waals surface area contributed by atoms with Crippen LogP contribution in [0.2, 0.25) is 0 Å². The maximum atomic E-state index is 13.8. The highest BCUT2D eigenvalue weighted by Crippen LogP contribution is 2.33. The molecule has 0 amide bonds. The van der Waals surface area contributed by atoms with Crippen molar-refractivity contribution >= 4 is 17.6 Å². The summed E-state index contributed by atoms with van der Waals surface area (Å²) in [6.45, 7) is 9.74. The van der Waals surface area contributed by atoms with Gasteiger partial charge in [-0.25, -0.2) is 13.1 Å². The first kappa shape index (κ1) is 23.0. The lowest BCUT2D eigenvalue weighted by atomic mass is 10.1. The van der Waals surface area contributed by atoms with E-state index in [1.807, 2.05) is 11.9 Å². The van der Waals surface area contributed by atoms with Crippen LogP contribution in [-0.4, -0.2) is 51.6 Å². The average molecular weight is 465 g/mol. The molecular formula is C23H30F2N4O2S. The van der Waals surface area contributed by atoms with Gasteiger partial charge in [-0.15, -0.1) is 0 Å². The molecule has 1 aliphatic carbocycles. The van der Waals surface area contributed by atoms with Gasteiger partial charge in [0.05, 0.1) is 18.0 Å². The number of rotatable bonds is 6. The third-order valence-electron chi connectivity index (χ3n) is 5.88. The summed E-state index contributed by atoms with van der Waals surface area (Å²) >= 11 is 1.83. The number of ether oxygens (including phenoxy) is 1. The van der Waals surface area contributed by atoms with Crippen molar-refractivity contribution in [3.63, 3.8) is 0 Å². The summed E-state index contributed by atoms with van der Waals surface area (Å²) < 4.78 is 37.2. The van der Waals surface area contributed by atoms with Crippen LogP contribution in [0.25, 0.3) is 5.69 Å². The number of hydrogen-bond acceptors (Lipinski definition) is 6. The molecule has 174 valence electrons. The van der Waals surface area contributed by atoms with Crippen molar-refractivity contribution in [1.29, 1.82) is 0 Å². The van der Waals surface area contributed by atoms with Gasteiger partial charge in [-0.3, -0.25) is 4.79 Å². The van der Waals surface area contributed by atoms with Crippen molar-refractivity contribution in [1.82, 2.24) is 14.1 Å². The molecule has 4 rings (SSSR count). The highest BCUT2D eigenvalue weighted by atomic mass is 32.2. The third kappa shape index (κ3) is 5.26. The summed E-state index contributed by atoms with van der Waals surface area (Å²) in [5.74, 6) is -0.762. The molecule has 2 unspecified atom stereocenters. The summed E-state index contributed by atoms with van der Waals surface area (Å²) in [6.07, 6.45) is 4.36. The molecule has 0 N–H and O–H groups in total. The molecule has 2 aliphatic rings. The average Bonchev–Trinajstić information content (AvgIpc) is 3.14. The Labute approximate surface area is 191 Å². The van der Waals surface area contributed by atoms with Crippen LogP contribution in [0.5, 0.6) is 5.75 Å². The van der Waals surface area contributed by atoms with Gasteiger partial charge >= 0.3 is 5.56 Å². The fourth-order valence-electron chi connectivity index (χ4n) is 4.37. The Kier molecular flexibility index (Phi) is 7.05. The number of nitrogens with zero attached hydrogens (tertiary/aromatic N) is 4. The Bertz CT molecular complexity index is 988. The lowest BCUT2D eigenvalue weighted by molar-refractivity contribution is 0.201. The van der Waals surface area contributed by atoms with Gasteiger partial charge in [-0.05, 0) is 37.3 Å². The minimum Gasteiger partial charge on any atom is -0.483 e. The smallest absolute Gasteiger partial charge is 0.316 e. The molecule has 6 nitrogen and oxygen atoms in total. The predicted octanol–water partition coefficient (Wildman–Crippen LogP) is 4.26. The van der Waals surface area contributed by atoms with Gasteiger partial charge in [-0.1, -0.05) is 32.7 Å². The van der Waals surface area contributed by atoms with Crippen LogP contribution in [0.3, 0.4) is 0 Å². The van der Waals surface area contributed by atoms with E-state index >= 15 is 0 Å². The molecule has 1 aromatic heterocycles. The highest BCUT2D eigenvalue weighted by molar-refractivity contribution is 7.97. The molecule has 2 heterocycles. The zero-order chi connectivity index (χ0) is 22.8. The second-order valence-corrected chi connectivity index (χ2v) is 10.6. The van der Waals surface area contributed by atoms with E-state index in [1.165, 1.54) is 0 Å². The van der Waals surface area contributed by atoms with Gasteiger partial charge in [-0.2, -0.15) is 9.78 Å². The van der Waals surface area contributed by atoms with E-state index in [1.54, 1.807) is 6.20 Å². The Morgan fingerprint density at radius 1 is 1.09 bits per heavy atom. The van der Waals surface area contributed by atoms with Gasteiger partial charge in [0.2, 0.25) is 5.75 Å². The van der Waals surface area contributed by atoms with E-state index in [2.05, 4.69) is 35.1 Å². The van der Waals surface area contributed by atoms with Crippen LogP contribution in [0.4, 0.5) is 14.5 Å². The van der Waals surface area contributed by atoms with Gasteiger partial charge in [0, 0.05) is 37.5 Å². The number of anilines is 1. The van der Waals surface area contributed by atoms with Gasteiger partial charge in [0.1, 0.15) is 17.3 Å². The minimum atomic E-state index is -0.761. The highest BCUT2D eigenvalue weighted by Gasteiger charge is 2.29. The van der Waals surface area contributed by atoms with Crippen LogP contribution < -0.4 is 15.2 Å². The zero-order valence-electron chi connectivity index (χ0n) is 18.8. The largest absolute Gasteiger partial charge is 0.483 e. The molecule has 1 saturated carbocycles. The standard InChI is InChI=1S/C23H30F2N4O2S/c1-15(2)32-28-8-6-27(7-9-28)21-14-26-29(19-12-17(24)11-18(25)13-19)23(30)22(21)31-20-5-4-16(3)10-20/h11-16,20H,4-10H2,1-3H3. The lowest BCUT2D eigenvalue weighted by Gasteiger charge is -2.36. The van der Waals surface area contributed by atoms with Crippen LogP contribution in [0, 0.1) is 17.6 Å². The summed E-state index contributed by atoms with van der Waals surface area (Å²) in [5, 5.41) is 4.77. The van der Waals surface area contributed by atoms with E-state index < -0.39 is 17.2 Å². The molecular weight excluding hydrogens is 434 g/mol. The van der Waals surface area contributed by atoms with Crippen LogP contribution in [0.15, 0.2) is 29.2 Å². The van der Waals surface area contributed by atoms with E-state index in [9.17, 15) is 13.6 Å². The van der Waals surface area contributed by atoms with E-state index in [0.29, 0.717) is 16.9 Å². The Balaban J connectivity index is 1.66. The zero-order valence-corrected chi connectivity index (χ0v) is 19.6. The summed E-state index contributed by atoms with van der Waals surface area (Å²) in [6, 6.07) is 2.97. The van der Waals surface area contributed by atoms with Crippen molar-refractivity contribution in [3.05, 3.63) is 46.4 Å². The van der Waals surface area contributed by atoms with Crippen molar-refractivity contribution in [3.8, 4) is 11.4 Å². The number of piperazine rings is 1. The first-order valence-corrected chi connectivity index (χ1v) is 12.1. The maximum absolute atomic E-state index is 13.8.